The van der Waals surface area contributed by atoms with Gasteiger partial charge in [0.25, 0.3) is 0 Å². The first-order valence-corrected chi connectivity index (χ1v) is 8.50. The molecule has 1 saturated heterocycles. The molecule has 2 aromatic carbocycles. The van der Waals surface area contributed by atoms with E-state index in [4.69, 9.17) is 14.2 Å². The maximum atomic E-state index is 12.4. The molecule has 4 nitrogen and oxygen atoms in total. The predicted molar refractivity (Wildman–Crippen MR) is 96.3 cm³/mol. The lowest BCUT2D eigenvalue weighted by Crippen LogP contribution is -2.33. The van der Waals surface area contributed by atoms with Crippen LogP contribution in [0, 0.1) is 0 Å². The molecule has 3 rings (SSSR count). The van der Waals surface area contributed by atoms with Crippen molar-refractivity contribution in [2.45, 2.75) is 18.6 Å². The molecular weight excluding hydrogens is 316 g/mol. The summed E-state index contributed by atoms with van der Waals surface area (Å²) in [6.07, 6.45) is 4.00. The van der Waals surface area contributed by atoms with Crippen molar-refractivity contribution >= 4 is 12.0 Å². The highest BCUT2D eigenvalue weighted by atomic mass is 16.6. The van der Waals surface area contributed by atoms with Gasteiger partial charge in [0, 0.05) is 6.42 Å². The standard InChI is InChI=1S/C21H22O4/c22-21(18-9-5-2-6-10-18)25-19(15-20-16-23-13-14-24-20)12-11-17-7-3-1-4-8-17/h1-12,19-20H,13-16H2/b12-11+/t19-,20?/m0/s1. The third-order valence-corrected chi connectivity index (χ3v) is 3.95. The summed E-state index contributed by atoms with van der Waals surface area (Å²) in [7, 11) is 0. The van der Waals surface area contributed by atoms with Crippen molar-refractivity contribution in [2.75, 3.05) is 19.8 Å². The van der Waals surface area contributed by atoms with Crippen molar-refractivity contribution in [1.29, 1.82) is 0 Å². The van der Waals surface area contributed by atoms with Crippen LogP contribution in [-0.4, -0.2) is 38.0 Å². The van der Waals surface area contributed by atoms with Crippen LogP contribution in [0.25, 0.3) is 6.08 Å². The first-order valence-electron chi connectivity index (χ1n) is 8.50. The first kappa shape index (κ1) is 17.4. The lowest BCUT2D eigenvalue weighted by Gasteiger charge is -2.25. The van der Waals surface area contributed by atoms with Gasteiger partial charge in [-0.2, -0.15) is 0 Å². The molecule has 1 fully saturated rings. The van der Waals surface area contributed by atoms with E-state index in [9.17, 15) is 4.79 Å². The second-order valence-corrected chi connectivity index (χ2v) is 5.88. The van der Waals surface area contributed by atoms with Crippen LogP contribution in [0.4, 0.5) is 0 Å². The van der Waals surface area contributed by atoms with Crippen LogP contribution in [0.15, 0.2) is 66.7 Å². The fourth-order valence-corrected chi connectivity index (χ4v) is 2.66. The minimum absolute atomic E-state index is 0.0669. The minimum atomic E-state index is -0.375. The van der Waals surface area contributed by atoms with E-state index < -0.39 is 0 Å². The summed E-state index contributed by atoms with van der Waals surface area (Å²) in [5.74, 6) is -0.333. The summed E-state index contributed by atoms with van der Waals surface area (Å²) in [6.45, 7) is 1.72. The summed E-state index contributed by atoms with van der Waals surface area (Å²) >= 11 is 0. The Morgan fingerprint density at radius 2 is 1.80 bits per heavy atom. The number of esters is 1. The van der Waals surface area contributed by atoms with E-state index in [2.05, 4.69) is 0 Å². The molecule has 1 aliphatic heterocycles. The molecule has 0 aliphatic carbocycles. The second-order valence-electron chi connectivity index (χ2n) is 5.88. The fraction of sp³-hybridized carbons (Fsp3) is 0.286. The molecule has 0 saturated carbocycles. The molecule has 2 aromatic rings. The van der Waals surface area contributed by atoms with Gasteiger partial charge in [-0.05, 0) is 23.8 Å². The number of benzene rings is 2. The van der Waals surface area contributed by atoms with E-state index in [0.717, 1.165) is 5.56 Å². The minimum Gasteiger partial charge on any atom is -0.454 e. The maximum absolute atomic E-state index is 12.4. The third-order valence-electron chi connectivity index (χ3n) is 3.95. The average Bonchev–Trinajstić information content (AvgIpc) is 2.68. The molecule has 130 valence electrons. The van der Waals surface area contributed by atoms with Gasteiger partial charge < -0.3 is 14.2 Å². The largest absolute Gasteiger partial charge is 0.454 e. The molecule has 0 spiro atoms. The van der Waals surface area contributed by atoms with E-state index in [1.165, 1.54) is 0 Å². The molecule has 0 amide bonds. The van der Waals surface area contributed by atoms with Crippen LogP contribution in [0.2, 0.25) is 0 Å². The molecule has 0 N–H and O–H groups in total. The lowest BCUT2D eigenvalue weighted by molar-refractivity contribution is -0.0996. The first-order chi connectivity index (χ1) is 12.3. The molecule has 1 heterocycles. The summed E-state index contributed by atoms with van der Waals surface area (Å²) in [6, 6.07) is 19.0. The topological polar surface area (TPSA) is 44.8 Å². The van der Waals surface area contributed by atoms with Crippen molar-refractivity contribution in [2.24, 2.45) is 0 Å². The Morgan fingerprint density at radius 1 is 1.08 bits per heavy atom. The lowest BCUT2D eigenvalue weighted by atomic mass is 10.1. The van der Waals surface area contributed by atoms with Crippen LogP contribution in [0.5, 0.6) is 0 Å². The van der Waals surface area contributed by atoms with E-state index in [0.29, 0.717) is 31.8 Å². The van der Waals surface area contributed by atoms with Gasteiger partial charge in [0.1, 0.15) is 6.10 Å². The van der Waals surface area contributed by atoms with Gasteiger partial charge in [-0.15, -0.1) is 0 Å². The van der Waals surface area contributed by atoms with Crippen molar-refractivity contribution in [3.05, 3.63) is 77.9 Å². The van der Waals surface area contributed by atoms with Gasteiger partial charge in [-0.1, -0.05) is 54.6 Å². The molecule has 0 radical (unpaired) electrons. The number of rotatable bonds is 6. The van der Waals surface area contributed by atoms with Crippen LogP contribution in [0.1, 0.15) is 22.3 Å². The monoisotopic (exact) mass is 338 g/mol. The Labute approximate surface area is 148 Å². The third kappa shape index (κ3) is 5.55. The summed E-state index contributed by atoms with van der Waals surface area (Å²) < 4.78 is 16.8. The van der Waals surface area contributed by atoms with Crippen molar-refractivity contribution in [3.63, 3.8) is 0 Å². The van der Waals surface area contributed by atoms with Crippen LogP contribution >= 0.6 is 0 Å². The van der Waals surface area contributed by atoms with E-state index in [1.807, 2.05) is 60.7 Å². The summed E-state index contributed by atoms with van der Waals surface area (Å²) in [5, 5.41) is 0. The average molecular weight is 338 g/mol. The highest BCUT2D eigenvalue weighted by Crippen LogP contribution is 2.15. The second kappa shape index (κ2) is 9.16. The summed E-state index contributed by atoms with van der Waals surface area (Å²) in [4.78, 5) is 12.4. The highest BCUT2D eigenvalue weighted by Gasteiger charge is 2.21. The molecule has 2 atom stereocenters. The molecule has 4 heteroatoms. The highest BCUT2D eigenvalue weighted by molar-refractivity contribution is 5.89. The Morgan fingerprint density at radius 3 is 2.48 bits per heavy atom. The molecule has 25 heavy (non-hydrogen) atoms. The predicted octanol–water partition coefficient (Wildman–Crippen LogP) is 3.73. The molecule has 0 bridgehead atoms. The number of carbonyl (C=O) groups is 1. The molecule has 0 aromatic heterocycles. The smallest absolute Gasteiger partial charge is 0.338 e. The number of hydrogen-bond acceptors (Lipinski definition) is 4. The van der Waals surface area contributed by atoms with Gasteiger partial charge in [-0.25, -0.2) is 4.79 Å². The SMILES string of the molecule is O=C(O[C@@H](/C=C/c1ccccc1)CC1COCCO1)c1ccccc1. The Kier molecular flexibility index (Phi) is 6.37. The molecule has 1 aliphatic rings. The summed E-state index contributed by atoms with van der Waals surface area (Å²) in [5.41, 5.74) is 1.60. The Balaban J connectivity index is 1.69. The van der Waals surface area contributed by atoms with Gasteiger partial charge in [0.15, 0.2) is 0 Å². The quantitative estimate of drug-likeness (QED) is 0.753. The Bertz CT molecular complexity index is 676. The Hall–Kier alpha value is -2.43. The molecular formula is C21H22O4. The number of hydrogen-bond donors (Lipinski definition) is 0. The fourth-order valence-electron chi connectivity index (χ4n) is 2.66. The van der Waals surface area contributed by atoms with Crippen LogP contribution in [-0.2, 0) is 14.2 Å². The number of carbonyl (C=O) groups excluding carboxylic acids is 1. The van der Waals surface area contributed by atoms with Crippen LogP contribution in [0.3, 0.4) is 0 Å². The zero-order valence-electron chi connectivity index (χ0n) is 14.0. The number of ether oxygens (including phenoxy) is 3. The van der Waals surface area contributed by atoms with Crippen molar-refractivity contribution in [1.82, 2.24) is 0 Å². The van der Waals surface area contributed by atoms with Crippen molar-refractivity contribution in [3.8, 4) is 0 Å². The van der Waals surface area contributed by atoms with Crippen LogP contribution < -0.4 is 0 Å². The molecule has 1 unspecified atom stereocenters. The van der Waals surface area contributed by atoms with Gasteiger partial charge in [0.05, 0.1) is 31.5 Å². The van der Waals surface area contributed by atoms with E-state index in [-0.39, 0.29) is 18.2 Å². The van der Waals surface area contributed by atoms with Gasteiger partial charge in [-0.3, -0.25) is 0 Å². The van der Waals surface area contributed by atoms with E-state index in [1.54, 1.807) is 12.1 Å². The van der Waals surface area contributed by atoms with Gasteiger partial charge in [0.2, 0.25) is 0 Å². The maximum Gasteiger partial charge on any atom is 0.338 e. The normalized spacial score (nSPS) is 18.8. The zero-order valence-corrected chi connectivity index (χ0v) is 14.0. The van der Waals surface area contributed by atoms with Crippen molar-refractivity contribution < 1.29 is 19.0 Å². The van der Waals surface area contributed by atoms with Gasteiger partial charge >= 0.3 is 5.97 Å². The zero-order chi connectivity index (χ0) is 17.3. The van der Waals surface area contributed by atoms with E-state index >= 15 is 0 Å².